The molecular formula is C19H22N2O2. The Labute approximate surface area is 137 Å². The molecule has 0 aliphatic carbocycles. The van der Waals surface area contributed by atoms with Crippen LogP contribution in [0.2, 0.25) is 0 Å². The molecule has 4 nitrogen and oxygen atoms in total. The highest BCUT2D eigenvalue weighted by Crippen LogP contribution is 2.27. The first-order chi connectivity index (χ1) is 11.3. The van der Waals surface area contributed by atoms with Gasteiger partial charge in [-0.25, -0.2) is 0 Å². The quantitative estimate of drug-likeness (QED) is 0.943. The first-order valence-electron chi connectivity index (χ1n) is 8.03. The molecular weight excluding hydrogens is 288 g/mol. The number of nitrogens with zero attached hydrogens (tertiary/aromatic N) is 1. The summed E-state index contributed by atoms with van der Waals surface area (Å²) >= 11 is 0. The smallest absolute Gasteiger partial charge is 0.258 e. The Morgan fingerprint density at radius 1 is 1.09 bits per heavy atom. The van der Waals surface area contributed by atoms with E-state index in [1.807, 2.05) is 59.5 Å². The van der Waals surface area contributed by atoms with Crippen molar-refractivity contribution in [2.24, 2.45) is 0 Å². The second-order valence-electron chi connectivity index (χ2n) is 5.72. The van der Waals surface area contributed by atoms with Gasteiger partial charge in [-0.2, -0.15) is 0 Å². The number of hydrogen-bond donors (Lipinski definition) is 1. The highest BCUT2D eigenvalue weighted by Gasteiger charge is 2.27. The van der Waals surface area contributed by atoms with Gasteiger partial charge < -0.3 is 15.0 Å². The minimum Gasteiger partial charge on any atom is -0.497 e. The van der Waals surface area contributed by atoms with Crippen molar-refractivity contribution in [3.05, 3.63) is 60.2 Å². The second-order valence-corrected chi connectivity index (χ2v) is 5.72. The molecule has 1 amide bonds. The number of anilines is 1. The van der Waals surface area contributed by atoms with Crippen molar-refractivity contribution in [2.45, 2.75) is 18.9 Å². The van der Waals surface area contributed by atoms with E-state index in [4.69, 9.17) is 4.74 Å². The summed E-state index contributed by atoms with van der Waals surface area (Å²) in [6.07, 6.45) is 1.91. The average Bonchev–Trinajstić information content (AvgIpc) is 2.64. The summed E-state index contributed by atoms with van der Waals surface area (Å²) in [6.45, 7) is 1.88. The number of rotatable bonds is 4. The number of nitrogens with one attached hydrogen (secondary N) is 1. The fourth-order valence-electron chi connectivity index (χ4n) is 3.04. The summed E-state index contributed by atoms with van der Waals surface area (Å²) in [7, 11) is 1.65. The van der Waals surface area contributed by atoms with Gasteiger partial charge in [0, 0.05) is 23.4 Å². The minimum atomic E-state index is 0.0470. The van der Waals surface area contributed by atoms with Crippen molar-refractivity contribution >= 4 is 11.6 Å². The standard InChI is InChI=1S/C19H22N2O2/c1-23-18-9-5-8-17(14-18)21(16-10-12-20-13-11-16)19(22)15-6-3-2-4-7-15/h2-9,14,16,20H,10-13H2,1H3. The third-order valence-electron chi connectivity index (χ3n) is 4.24. The lowest BCUT2D eigenvalue weighted by Gasteiger charge is -2.35. The molecule has 0 unspecified atom stereocenters. The molecule has 4 heteroatoms. The molecule has 0 atom stereocenters. The Balaban J connectivity index is 1.97. The van der Waals surface area contributed by atoms with E-state index in [1.165, 1.54) is 0 Å². The Morgan fingerprint density at radius 3 is 2.52 bits per heavy atom. The number of carbonyl (C=O) groups is 1. The van der Waals surface area contributed by atoms with Crippen LogP contribution in [0.15, 0.2) is 54.6 Å². The second kappa shape index (κ2) is 7.29. The number of methoxy groups -OCH3 is 1. The van der Waals surface area contributed by atoms with Crippen molar-refractivity contribution in [2.75, 3.05) is 25.1 Å². The fraction of sp³-hybridized carbons (Fsp3) is 0.316. The SMILES string of the molecule is COc1cccc(N(C(=O)c2ccccc2)C2CCNCC2)c1. The molecule has 1 N–H and O–H groups in total. The number of ether oxygens (including phenoxy) is 1. The predicted molar refractivity (Wildman–Crippen MR) is 92.1 cm³/mol. The summed E-state index contributed by atoms with van der Waals surface area (Å²) < 4.78 is 5.33. The van der Waals surface area contributed by atoms with Gasteiger partial charge in [0.05, 0.1) is 7.11 Å². The number of amides is 1. The van der Waals surface area contributed by atoms with Gasteiger partial charge in [0.15, 0.2) is 0 Å². The van der Waals surface area contributed by atoms with Crippen LogP contribution in [-0.2, 0) is 0 Å². The fourth-order valence-corrected chi connectivity index (χ4v) is 3.04. The molecule has 1 fully saturated rings. The van der Waals surface area contributed by atoms with Crippen LogP contribution in [0.25, 0.3) is 0 Å². The van der Waals surface area contributed by atoms with E-state index in [0.717, 1.165) is 37.4 Å². The lowest BCUT2D eigenvalue weighted by atomic mass is 10.0. The number of carbonyl (C=O) groups excluding carboxylic acids is 1. The molecule has 23 heavy (non-hydrogen) atoms. The summed E-state index contributed by atoms with van der Waals surface area (Å²) in [5.74, 6) is 0.813. The van der Waals surface area contributed by atoms with Gasteiger partial charge in [0.25, 0.3) is 5.91 Å². The lowest BCUT2D eigenvalue weighted by Crippen LogP contribution is -2.46. The van der Waals surface area contributed by atoms with E-state index in [0.29, 0.717) is 5.56 Å². The molecule has 0 radical (unpaired) electrons. The predicted octanol–water partition coefficient (Wildman–Crippen LogP) is 3.09. The zero-order valence-electron chi connectivity index (χ0n) is 13.4. The molecule has 1 saturated heterocycles. The van der Waals surface area contributed by atoms with E-state index in [-0.39, 0.29) is 11.9 Å². The van der Waals surface area contributed by atoms with Crippen LogP contribution in [0.1, 0.15) is 23.2 Å². The normalized spacial score (nSPS) is 15.2. The highest BCUT2D eigenvalue weighted by molar-refractivity contribution is 6.06. The third kappa shape index (κ3) is 3.54. The van der Waals surface area contributed by atoms with Crippen LogP contribution in [-0.4, -0.2) is 32.1 Å². The molecule has 1 aliphatic heterocycles. The van der Waals surface area contributed by atoms with E-state index in [2.05, 4.69) is 5.32 Å². The first-order valence-corrected chi connectivity index (χ1v) is 8.03. The lowest BCUT2D eigenvalue weighted by molar-refractivity contribution is 0.0972. The molecule has 2 aromatic carbocycles. The summed E-state index contributed by atoms with van der Waals surface area (Å²) in [5.41, 5.74) is 1.61. The van der Waals surface area contributed by atoms with Crippen molar-refractivity contribution in [3.8, 4) is 5.75 Å². The average molecular weight is 310 g/mol. The van der Waals surface area contributed by atoms with Crippen molar-refractivity contribution in [3.63, 3.8) is 0 Å². The van der Waals surface area contributed by atoms with Crippen LogP contribution in [0, 0.1) is 0 Å². The van der Waals surface area contributed by atoms with E-state index < -0.39 is 0 Å². The van der Waals surface area contributed by atoms with Crippen molar-refractivity contribution < 1.29 is 9.53 Å². The van der Waals surface area contributed by atoms with Crippen molar-refractivity contribution in [1.82, 2.24) is 5.32 Å². The molecule has 120 valence electrons. The monoisotopic (exact) mass is 310 g/mol. The molecule has 1 heterocycles. The maximum absolute atomic E-state index is 13.1. The number of piperidine rings is 1. The van der Waals surface area contributed by atoms with Gasteiger partial charge in [-0.05, 0) is 50.2 Å². The summed E-state index contributed by atoms with van der Waals surface area (Å²) in [6, 6.07) is 17.4. The van der Waals surface area contributed by atoms with E-state index >= 15 is 0 Å². The maximum Gasteiger partial charge on any atom is 0.258 e. The number of hydrogen-bond acceptors (Lipinski definition) is 3. The molecule has 1 aliphatic rings. The summed E-state index contributed by atoms with van der Waals surface area (Å²) in [5, 5.41) is 3.36. The Hall–Kier alpha value is -2.33. The zero-order valence-corrected chi connectivity index (χ0v) is 13.4. The highest BCUT2D eigenvalue weighted by atomic mass is 16.5. The molecule has 3 rings (SSSR count). The maximum atomic E-state index is 13.1. The van der Waals surface area contributed by atoms with Crippen LogP contribution in [0.4, 0.5) is 5.69 Å². The third-order valence-corrected chi connectivity index (χ3v) is 4.24. The molecule has 0 spiro atoms. The Morgan fingerprint density at radius 2 is 1.83 bits per heavy atom. The van der Waals surface area contributed by atoms with E-state index in [9.17, 15) is 4.79 Å². The van der Waals surface area contributed by atoms with Gasteiger partial charge in [-0.1, -0.05) is 24.3 Å². The van der Waals surface area contributed by atoms with Crippen molar-refractivity contribution in [1.29, 1.82) is 0 Å². The minimum absolute atomic E-state index is 0.0470. The van der Waals surface area contributed by atoms with Gasteiger partial charge in [0.2, 0.25) is 0 Å². The van der Waals surface area contributed by atoms with E-state index in [1.54, 1.807) is 7.11 Å². The molecule has 0 bridgehead atoms. The molecule has 2 aromatic rings. The Bertz CT molecular complexity index is 651. The topological polar surface area (TPSA) is 41.6 Å². The summed E-state index contributed by atoms with van der Waals surface area (Å²) in [4.78, 5) is 15.0. The van der Waals surface area contributed by atoms with Crippen LogP contribution < -0.4 is 15.0 Å². The van der Waals surface area contributed by atoms with Gasteiger partial charge in [-0.3, -0.25) is 4.79 Å². The first kappa shape index (κ1) is 15.6. The van der Waals surface area contributed by atoms with Gasteiger partial charge in [0.1, 0.15) is 5.75 Å². The van der Waals surface area contributed by atoms with Crippen LogP contribution in [0.3, 0.4) is 0 Å². The van der Waals surface area contributed by atoms with Crippen LogP contribution >= 0.6 is 0 Å². The molecule has 0 aromatic heterocycles. The van der Waals surface area contributed by atoms with Gasteiger partial charge >= 0.3 is 0 Å². The Kier molecular flexibility index (Phi) is 4.93. The largest absolute Gasteiger partial charge is 0.497 e. The number of benzene rings is 2. The van der Waals surface area contributed by atoms with Gasteiger partial charge in [-0.15, -0.1) is 0 Å². The van der Waals surface area contributed by atoms with Crippen LogP contribution in [0.5, 0.6) is 5.75 Å². The molecule has 0 saturated carbocycles. The zero-order chi connectivity index (χ0) is 16.1.